The average molecular weight is 371 g/mol. The fraction of sp³-hybridized carbons (Fsp3) is 0.167. The summed E-state index contributed by atoms with van der Waals surface area (Å²) in [5, 5.41) is 5.64. The van der Waals surface area contributed by atoms with Gasteiger partial charge in [0, 0.05) is 10.9 Å². The summed E-state index contributed by atoms with van der Waals surface area (Å²) >= 11 is 6.94. The van der Waals surface area contributed by atoms with E-state index >= 15 is 0 Å². The average Bonchev–Trinajstić information content (AvgIpc) is 3.16. The van der Waals surface area contributed by atoms with E-state index in [1.165, 1.54) is 16.3 Å². The molecule has 0 radical (unpaired) electrons. The van der Waals surface area contributed by atoms with E-state index in [2.05, 4.69) is 78.9 Å². The van der Waals surface area contributed by atoms with Crippen molar-refractivity contribution in [2.45, 2.75) is 24.3 Å². The Bertz CT molecular complexity index is 1070. The molecule has 2 heterocycles. The molecule has 2 aromatic rings. The molecule has 2 aliphatic heterocycles. The molecule has 0 saturated carbocycles. The first-order valence-corrected chi connectivity index (χ1v) is 11.9. The normalized spacial score (nSPS) is 29.7. The Morgan fingerprint density at radius 2 is 1.85 bits per heavy atom. The van der Waals surface area contributed by atoms with Crippen LogP contribution in [0.5, 0.6) is 0 Å². The Balaban J connectivity index is 1.79. The van der Waals surface area contributed by atoms with E-state index in [0.29, 0.717) is 11.5 Å². The van der Waals surface area contributed by atoms with Gasteiger partial charge >= 0.3 is 0 Å². The standard InChI is InChI=1S/C24H19ClSi/c25-20-12-7-11-19-18-10-3-6-15-23(18)26(24(19)20)21-13-4-1-8-16(21)17-9-2-5-14-22(17)26/h1-2,4-9,11-16,21H,3,10H2. The van der Waals surface area contributed by atoms with Crippen LogP contribution in [0.4, 0.5) is 0 Å². The van der Waals surface area contributed by atoms with Gasteiger partial charge in [-0.15, -0.1) is 0 Å². The Morgan fingerprint density at radius 3 is 2.81 bits per heavy atom. The highest BCUT2D eigenvalue weighted by Gasteiger charge is 2.60. The van der Waals surface area contributed by atoms with Gasteiger partial charge in [0.1, 0.15) is 0 Å². The van der Waals surface area contributed by atoms with Crippen LogP contribution < -0.4 is 10.4 Å². The highest BCUT2D eigenvalue weighted by atomic mass is 35.5. The highest BCUT2D eigenvalue weighted by molar-refractivity contribution is 7.13. The summed E-state index contributed by atoms with van der Waals surface area (Å²) in [4.78, 5) is 0. The molecule has 2 aromatic carbocycles. The second-order valence-corrected chi connectivity index (χ2v) is 12.0. The molecule has 0 N–H and O–H groups in total. The zero-order valence-electron chi connectivity index (χ0n) is 14.5. The topological polar surface area (TPSA) is 0 Å². The third kappa shape index (κ3) is 1.62. The second kappa shape index (κ2) is 5.22. The SMILES string of the molecule is Clc1cccc2c1[Si]1(C3=C2CCC=C3)c2ccccc2C2C=CC=CC21. The van der Waals surface area contributed by atoms with E-state index in [1.54, 1.807) is 16.0 Å². The van der Waals surface area contributed by atoms with Crippen LogP contribution in [0, 0.1) is 0 Å². The maximum absolute atomic E-state index is 6.94. The van der Waals surface area contributed by atoms with Crippen molar-refractivity contribution in [3.8, 4) is 0 Å². The van der Waals surface area contributed by atoms with Crippen molar-refractivity contribution in [3.05, 3.63) is 100 Å². The lowest BCUT2D eigenvalue weighted by molar-refractivity contribution is 0.861. The molecule has 0 saturated heterocycles. The summed E-state index contributed by atoms with van der Waals surface area (Å²) < 4.78 is 0. The number of benzene rings is 2. The maximum atomic E-state index is 6.94. The molecule has 4 aliphatic rings. The molecule has 6 rings (SSSR count). The van der Waals surface area contributed by atoms with Crippen molar-refractivity contribution in [2.75, 3.05) is 0 Å². The summed E-state index contributed by atoms with van der Waals surface area (Å²) in [5.74, 6) is 0.481. The molecule has 0 aromatic heterocycles. The zero-order valence-corrected chi connectivity index (χ0v) is 16.2. The van der Waals surface area contributed by atoms with E-state index in [1.807, 2.05) is 0 Å². The molecule has 1 spiro atoms. The van der Waals surface area contributed by atoms with Crippen molar-refractivity contribution in [3.63, 3.8) is 0 Å². The predicted molar refractivity (Wildman–Crippen MR) is 113 cm³/mol. The molecule has 0 bridgehead atoms. The van der Waals surface area contributed by atoms with Gasteiger partial charge < -0.3 is 0 Å². The number of hydrogen-bond donors (Lipinski definition) is 0. The van der Waals surface area contributed by atoms with Gasteiger partial charge in [-0.2, -0.15) is 0 Å². The van der Waals surface area contributed by atoms with E-state index in [-0.39, 0.29) is 0 Å². The van der Waals surface area contributed by atoms with E-state index in [0.717, 1.165) is 17.9 Å². The number of halogens is 1. The molecule has 0 amide bonds. The van der Waals surface area contributed by atoms with Crippen LogP contribution in [0.25, 0.3) is 5.57 Å². The molecular formula is C24H19ClSi. The van der Waals surface area contributed by atoms with Crippen LogP contribution in [-0.2, 0) is 0 Å². The van der Waals surface area contributed by atoms with Crippen molar-refractivity contribution >= 4 is 35.6 Å². The van der Waals surface area contributed by atoms with Gasteiger partial charge in [-0.25, -0.2) is 0 Å². The smallest absolute Gasteiger partial charge is 0.0844 e. The number of rotatable bonds is 0. The predicted octanol–water partition coefficient (Wildman–Crippen LogP) is 5.15. The summed E-state index contributed by atoms with van der Waals surface area (Å²) in [6.45, 7) is 0. The van der Waals surface area contributed by atoms with Gasteiger partial charge in [-0.1, -0.05) is 84.5 Å². The molecule has 0 nitrogen and oxygen atoms in total. The van der Waals surface area contributed by atoms with Crippen molar-refractivity contribution in [2.24, 2.45) is 0 Å². The summed E-state index contributed by atoms with van der Waals surface area (Å²) in [6.07, 6.45) is 16.5. The van der Waals surface area contributed by atoms with Crippen LogP contribution in [-0.4, -0.2) is 8.07 Å². The van der Waals surface area contributed by atoms with Crippen molar-refractivity contribution in [1.82, 2.24) is 0 Å². The molecule has 126 valence electrons. The highest BCUT2D eigenvalue weighted by Crippen LogP contribution is 2.55. The van der Waals surface area contributed by atoms with E-state index in [9.17, 15) is 0 Å². The molecular weight excluding hydrogens is 352 g/mol. The molecule has 2 aliphatic carbocycles. The number of hydrogen-bond acceptors (Lipinski definition) is 0. The lowest BCUT2D eigenvalue weighted by atomic mass is 9.93. The van der Waals surface area contributed by atoms with Crippen LogP contribution in [0.15, 0.2) is 84.1 Å². The first-order valence-electron chi connectivity index (χ1n) is 9.47. The number of fused-ring (bicyclic) bond motifs is 9. The molecule has 0 fully saturated rings. The molecule has 2 heteroatoms. The monoisotopic (exact) mass is 370 g/mol. The fourth-order valence-electron chi connectivity index (χ4n) is 5.89. The Morgan fingerprint density at radius 1 is 0.962 bits per heavy atom. The van der Waals surface area contributed by atoms with Gasteiger partial charge in [0.05, 0.1) is 0 Å². The van der Waals surface area contributed by atoms with Crippen molar-refractivity contribution in [1.29, 1.82) is 0 Å². The Hall–Kier alpha value is -2.09. The minimum absolute atomic E-state index is 0.481. The first-order chi connectivity index (χ1) is 12.8. The fourth-order valence-corrected chi connectivity index (χ4v) is 12.9. The second-order valence-electron chi connectivity index (χ2n) is 7.71. The van der Waals surface area contributed by atoms with E-state index in [4.69, 9.17) is 11.6 Å². The van der Waals surface area contributed by atoms with Gasteiger partial charge in [-0.3, -0.25) is 0 Å². The van der Waals surface area contributed by atoms with E-state index < -0.39 is 8.07 Å². The van der Waals surface area contributed by atoms with Gasteiger partial charge in [-0.05, 0) is 56.7 Å². The van der Waals surface area contributed by atoms with Crippen LogP contribution in [0.2, 0.25) is 10.6 Å². The van der Waals surface area contributed by atoms with Crippen molar-refractivity contribution < 1.29 is 0 Å². The first kappa shape index (κ1) is 15.0. The lowest BCUT2D eigenvalue weighted by Gasteiger charge is -2.35. The minimum atomic E-state index is -2.16. The van der Waals surface area contributed by atoms with Gasteiger partial charge in [0.15, 0.2) is 8.07 Å². The Labute approximate surface area is 160 Å². The Kier molecular flexibility index (Phi) is 3.01. The molecule has 3 atom stereocenters. The van der Waals surface area contributed by atoms with Crippen LogP contribution in [0.1, 0.15) is 29.9 Å². The minimum Gasteiger partial charge on any atom is -0.0844 e. The number of allylic oxidation sites excluding steroid dienone is 8. The molecule has 26 heavy (non-hydrogen) atoms. The van der Waals surface area contributed by atoms with Crippen LogP contribution in [0.3, 0.4) is 0 Å². The summed E-state index contributed by atoms with van der Waals surface area (Å²) in [7, 11) is -2.16. The quantitative estimate of drug-likeness (QED) is 0.562. The maximum Gasteiger partial charge on any atom is 0.159 e. The molecule has 3 unspecified atom stereocenters. The zero-order chi connectivity index (χ0) is 17.3. The van der Waals surface area contributed by atoms with Gasteiger partial charge in [0.2, 0.25) is 0 Å². The third-order valence-electron chi connectivity index (χ3n) is 6.71. The lowest BCUT2D eigenvalue weighted by Crippen LogP contribution is -2.59. The summed E-state index contributed by atoms with van der Waals surface area (Å²) in [6, 6.07) is 15.7. The largest absolute Gasteiger partial charge is 0.159 e. The summed E-state index contributed by atoms with van der Waals surface area (Å²) in [5.41, 5.74) is 5.04. The third-order valence-corrected chi connectivity index (χ3v) is 12.7. The van der Waals surface area contributed by atoms with Gasteiger partial charge in [0.25, 0.3) is 0 Å². The van der Waals surface area contributed by atoms with Crippen LogP contribution >= 0.6 is 11.6 Å².